The summed E-state index contributed by atoms with van der Waals surface area (Å²) in [4.78, 5) is 49.4. The molecule has 0 aliphatic carbocycles. The van der Waals surface area contributed by atoms with Crippen LogP contribution in [-0.4, -0.2) is 77.8 Å². The number of nitrogens with zero attached hydrogens (tertiary/aromatic N) is 4. The van der Waals surface area contributed by atoms with Gasteiger partial charge >= 0.3 is 6.18 Å². The minimum absolute atomic E-state index is 0.0441. The van der Waals surface area contributed by atoms with E-state index in [0.717, 1.165) is 24.3 Å². The first-order chi connectivity index (χ1) is 22.4. The molecule has 5 rings (SSSR count). The van der Waals surface area contributed by atoms with Crippen LogP contribution in [0.3, 0.4) is 0 Å². The number of nitrogens with two attached hydrogens (primary N) is 1. The Morgan fingerprint density at radius 2 is 1.83 bits per heavy atom. The Kier molecular flexibility index (Phi) is 9.95. The Hall–Kier alpha value is -4.77. The van der Waals surface area contributed by atoms with Gasteiger partial charge in [-0.2, -0.15) is 18.4 Å². The number of rotatable bonds is 6. The van der Waals surface area contributed by atoms with Crippen LogP contribution in [0.15, 0.2) is 64.8 Å². The number of piperidine rings is 1. The number of amides is 3. The van der Waals surface area contributed by atoms with Crippen molar-refractivity contribution in [1.29, 1.82) is 5.26 Å². The van der Waals surface area contributed by atoms with E-state index in [1.807, 2.05) is 0 Å². The van der Waals surface area contributed by atoms with Gasteiger partial charge in [-0.05, 0) is 68.5 Å². The normalized spacial score (nSPS) is 24.3. The summed E-state index contributed by atoms with van der Waals surface area (Å²) in [7, 11) is 0. The van der Waals surface area contributed by atoms with Gasteiger partial charge < -0.3 is 20.7 Å². The number of carbonyl (C=O) groups excluding carboxylic acids is 3. The quantitative estimate of drug-likeness (QED) is 0.358. The van der Waals surface area contributed by atoms with Crippen molar-refractivity contribution in [3.05, 3.63) is 82.3 Å². The summed E-state index contributed by atoms with van der Waals surface area (Å²) in [6, 6.07) is 8.42. The van der Waals surface area contributed by atoms with Crippen molar-refractivity contribution in [2.75, 3.05) is 26.3 Å². The third kappa shape index (κ3) is 7.00. The standard InChI is InChI=1S/C33H34F4N6O4/c1-2-42-29(40-23-12-15-47-16-13-23)26(27(39)31(45)43-14-4-7-24(43)18-38)25(19-8-10-22(34)11-9-19)28(32(42)46)41-30(44)20-5-3-6-21(17-20)33(35,36)37/h3,5-6,8-11,17,23-25,28H,2,4,7,12-16,39H2,1H3,(H,41,44)/b27-26-,40-29?. The molecule has 2 aromatic rings. The van der Waals surface area contributed by atoms with Crippen LogP contribution in [-0.2, 0) is 20.5 Å². The Balaban J connectivity index is 1.69. The minimum atomic E-state index is -4.72. The van der Waals surface area contributed by atoms with Crippen molar-refractivity contribution < 1.29 is 36.7 Å². The van der Waals surface area contributed by atoms with Gasteiger partial charge in [0, 0.05) is 43.4 Å². The second-order valence-corrected chi connectivity index (χ2v) is 11.6. The van der Waals surface area contributed by atoms with Crippen molar-refractivity contribution in [3.8, 4) is 6.07 Å². The van der Waals surface area contributed by atoms with Crippen molar-refractivity contribution >= 4 is 23.6 Å². The lowest BCUT2D eigenvalue weighted by Crippen LogP contribution is -2.60. The third-order valence-corrected chi connectivity index (χ3v) is 8.64. The number of nitriles is 1. The smallest absolute Gasteiger partial charge is 0.394 e. The maximum absolute atomic E-state index is 14.3. The fourth-order valence-electron chi connectivity index (χ4n) is 6.24. The van der Waals surface area contributed by atoms with E-state index in [4.69, 9.17) is 15.5 Å². The summed E-state index contributed by atoms with van der Waals surface area (Å²) in [6.07, 6.45) is -2.65. The zero-order valence-corrected chi connectivity index (χ0v) is 25.6. The van der Waals surface area contributed by atoms with Gasteiger partial charge in [-0.1, -0.05) is 18.2 Å². The van der Waals surface area contributed by atoms with E-state index in [2.05, 4.69) is 11.4 Å². The Labute approximate surface area is 268 Å². The number of hydrogen-bond acceptors (Lipinski definition) is 7. The summed E-state index contributed by atoms with van der Waals surface area (Å²) < 4.78 is 60.1. The summed E-state index contributed by atoms with van der Waals surface area (Å²) in [5.41, 5.74) is 5.38. The van der Waals surface area contributed by atoms with Crippen molar-refractivity contribution in [2.45, 2.75) is 62.8 Å². The molecule has 0 bridgehead atoms. The number of alkyl halides is 3. The highest BCUT2D eigenvalue weighted by atomic mass is 19.4. The van der Waals surface area contributed by atoms with E-state index in [0.29, 0.717) is 50.5 Å². The second kappa shape index (κ2) is 13.9. The zero-order chi connectivity index (χ0) is 33.9. The summed E-state index contributed by atoms with van der Waals surface area (Å²) in [6.45, 7) is 2.82. The lowest BCUT2D eigenvalue weighted by Gasteiger charge is -2.42. The van der Waals surface area contributed by atoms with E-state index in [9.17, 15) is 37.2 Å². The number of aliphatic imine (C=N–C) groups is 1. The van der Waals surface area contributed by atoms with Gasteiger partial charge in [-0.15, -0.1) is 0 Å². The van der Waals surface area contributed by atoms with Crippen LogP contribution in [0, 0.1) is 17.1 Å². The molecule has 47 heavy (non-hydrogen) atoms. The molecule has 3 fully saturated rings. The fraction of sp³-hybridized carbons (Fsp3) is 0.424. The van der Waals surface area contributed by atoms with Crippen LogP contribution >= 0.6 is 0 Å². The predicted molar refractivity (Wildman–Crippen MR) is 162 cm³/mol. The average molecular weight is 655 g/mol. The number of carbonyl (C=O) groups is 3. The summed E-state index contributed by atoms with van der Waals surface area (Å²) in [5.74, 6) is -3.98. The molecular weight excluding hydrogens is 620 g/mol. The van der Waals surface area contributed by atoms with Crippen LogP contribution in [0.2, 0.25) is 0 Å². The van der Waals surface area contributed by atoms with Gasteiger partial charge in [0.1, 0.15) is 29.4 Å². The largest absolute Gasteiger partial charge is 0.416 e. The molecule has 3 amide bonds. The number of nitrogens with one attached hydrogen (secondary N) is 1. The van der Waals surface area contributed by atoms with E-state index in [-0.39, 0.29) is 41.8 Å². The first-order valence-electron chi connectivity index (χ1n) is 15.4. The molecular formula is C33H34F4N6O4. The molecule has 0 aromatic heterocycles. The predicted octanol–water partition coefficient (Wildman–Crippen LogP) is 3.89. The third-order valence-electron chi connectivity index (χ3n) is 8.64. The number of benzene rings is 2. The molecule has 0 saturated carbocycles. The minimum Gasteiger partial charge on any atom is -0.394 e. The molecule has 3 unspecified atom stereocenters. The lowest BCUT2D eigenvalue weighted by atomic mass is 9.78. The molecule has 2 aromatic carbocycles. The fourth-order valence-corrected chi connectivity index (χ4v) is 6.24. The van der Waals surface area contributed by atoms with Crippen LogP contribution in [0.5, 0.6) is 0 Å². The van der Waals surface area contributed by atoms with Gasteiger partial charge in [0.15, 0.2) is 0 Å². The van der Waals surface area contributed by atoms with E-state index < -0.39 is 53.3 Å². The highest BCUT2D eigenvalue weighted by Crippen LogP contribution is 2.38. The van der Waals surface area contributed by atoms with Gasteiger partial charge in [0.25, 0.3) is 17.7 Å². The summed E-state index contributed by atoms with van der Waals surface area (Å²) >= 11 is 0. The first-order valence-corrected chi connectivity index (χ1v) is 15.4. The van der Waals surface area contributed by atoms with Crippen LogP contribution < -0.4 is 11.1 Å². The number of amidine groups is 1. The number of hydrogen-bond donors (Lipinski definition) is 2. The van der Waals surface area contributed by atoms with Crippen molar-refractivity contribution in [3.63, 3.8) is 0 Å². The number of likely N-dealkylation sites (N-methyl/N-ethyl adjacent to an activating group) is 1. The maximum Gasteiger partial charge on any atom is 0.416 e. The Morgan fingerprint density at radius 1 is 1.13 bits per heavy atom. The molecule has 3 N–H and O–H groups in total. The molecule has 248 valence electrons. The second-order valence-electron chi connectivity index (χ2n) is 11.6. The van der Waals surface area contributed by atoms with Crippen molar-refractivity contribution in [1.82, 2.24) is 15.1 Å². The van der Waals surface area contributed by atoms with Gasteiger partial charge in [0.2, 0.25) is 0 Å². The van der Waals surface area contributed by atoms with Crippen molar-refractivity contribution in [2.24, 2.45) is 10.7 Å². The first kappa shape index (κ1) is 33.6. The monoisotopic (exact) mass is 654 g/mol. The lowest BCUT2D eigenvalue weighted by molar-refractivity contribution is -0.137. The molecule has 3 aliphatic rings. The topological polar surface area (TPSA) is 141 Å². The SMILES string of the molecule is CCN1C(=O)C(NC(=O)c2cccc(C(F)(F)F)c2)C(c2ccc(F)cc2)/C(=C(/N)C(=O)N2CCCC2C#N)C1=NC1CCOCC1. The molecule has 14 heteroatoms. The van der Waals surface area contributed by atoms with E-state index >= 15 is 0 Å². The van der Waals surface area contributed by atoms with E-state index in [1.54, 1.807) is 6.92 Å². The van der Waals surface area contributed by atoms with Gasteiger partial charge in [0.05, 0.1) is 17.7 Å². The van der Waals surface area contributed by atoms with Crippen LogP contribution in [0.4, 0.5) is 17.6 Å². The molecule has 3 heterocycles. The average Bonchev–Trinajstić information content (AvgIpc) is 3.55. The zero-order valence-electron chi connectivity index (χ0n) is 25.6. The summed E-state index contributed by atoms with van der Waals surface area (Å²) in [5, 5.41) is 12.3. The molecule has 3 saturated heterocycles. The highest BCUT2D eigenvalue weighted by Gasteiger charge is 2.48. The molecule has 3 aliphatic heterocycles. The van der Waals surface area contributed by atoms with Crippen LogP contribution in [0.25, 0.3) is 0 Å². The van der Waals surface area contributed by atoms with Gasteiger partial charge in [-0.25, -0.2) is 4.39 Å². The highest BCUT2D eigenvalue weighted by molar-refractivity contribution is 6.18. The molecule has 3 atom stereocenters. The van der Waals surface area contributed by atoms with Gasteiger partial charge in [-0.3, -0.25) is 24.3 Å². The van der Waals surface area contributed by atoms with Crippen LogP contribution in [0.1, 0.15) is 60.0 Å². The number of ether oxygens (including phenoxy) is 1. The number of halogens is 4. The Bertz CT molecular complexity index is 1630. The molecule has 0 spiro atoms. The maximum atomic E-state index is 14.3. The molecule has 0 radical (unpaired) electrons. The number of likely N-dealkylation sites (tertiary alicyclic amines) is 2. The van der Waals surface area contributed by atoms with E-state index in [1.165, 1.54) is 28.0 Å². The molecule has 10 nitrogen and oxygen atoms in total. The Morgan fingerprint density at radius 3 is 2.47 bits per heavy atom.